The Morgan fingerprint density at radius 3 is 2.67 bits per heavy atom. The minimum atomic E-state index is -0.288. The minimum Gasteiger partial charge on any atom is -0.378 e. The molecule has 116 valence electrons. The second-order valence-electron chi connectivity index (χ2n) is 4.89. The van der Waals surface area contributed by atoms with E-state index in [1.807, 2.05) is 0 Å². The van der Waals surface area contributed by atoms with Gasteiger partial charge in [0.25, 0.3) is 0 Å². The normalized spacial score (nSPS) is 21.8. The van der Waals surface area contributed by atoms with Crippen LogP contribution in [0.5, 0.6) is 0 Å². The number of nitrogens with one attached hydrogen (secondary N) is 2. The second kappa shape index (κ2) is 8.12. The van der Waals surface area contributed by atoms with Crippen LogP contribution in [-0.4, -0.2) is 38.3 Å². The van der Waals surface area contributed by atoms with Crippen LogP contribution < -0.4 is 10.6 Å². The second-order valence-corrected chi connectivity index (χ2v) is 4.89. The van der Waals surface area contributed by atoms with E-state index in [1.165, 1.54) is 12.1 Å². The number of hydrogen-bond donors (Lipinski definition) is 2. The number of ether oxygens (including phenoxy) is 1. The summed E-state index contributed by atoms with van der Waals surface area (Å²) in [6.45, 7) is 3.18. The molecule has 1 aliphatic rings. The first-order valence-electron chi connectivity index (χ1n) is 6.58. The molecule has 4 nitrogen and oxygen atoms in total. The van der Waals surface area contributed by atoms with Crippen molar-refractivity contribution in [2.45, 2.75) is 19.1 Å². The number of rotatable bonds is 4. The maximum Gasteiger partial charge on any atom is 0.247 e. The standard InChI is InChI=1S/C15H19FN2O2.ClH/c1-10(7-11-3-5-12(16)6-4-11)15(19)18-13-8-17-9-14(13)20-2;/h3-7,13-14,17H,8-9H2,1-2H3,(H,18,19);1H/b10-7+;/t13?,14-;/m0./s1. The van der Waals surface area contributed by atoms with E-state index in [2.05, 4.69) is 10.6 Å². The Bertz CT molecular complexity index is 505. The van der Waals surface area contributed by atoms with Crippen molar-refractivity contribution in [2.24, 2.45) is 0 Å². The van der Waals surface area contributed by atoms with Crippen molar-refractivity contribution in [1.82, 2.24) is 10.6 Å². The third kappa shape index (κ3) is 4.81. The molecule has 1 aromatic carbocycles. The molecule has 1 aliphatic heterocycles. The largest absolute Gasteiger partial charge is 0.378 e. The number of amides is 1. The van der Waals surface area contributed by atoms with Crippen LogP contribution in [-0.2, 0) is 9.53 Å². The monoisotopic (exact) mass is 314 g/mol. The van der Waals surface area contributed by atoms with Crippen LogP contribution in [0, 0.1) is 5.82 Å². The van der Waals surface area contributed by atoms with Crippen LogP contribution in [0.3, 0.4) is 0 Å². The highest BCUT2D eigenvalue weighted by molar-refractivity contribution is 5.97. The zero-order chi connectivity index (χ0) is 14.5. The maximum atomic E-state index is 12.8. The predicted molar refractivity (Wildman–Crippen MR) is 82.9 cm³/mol. The molecule has 0 aromatic heterocycles. The molecule has 0 aliphatic carbocycles. The van der Waals surface area contributed by atoms with Crippen molar-refractivity contribution in [3.63, 3.8) is 0 Å². The minimum absolute atomic E-state index is 0. The molecule has 1 heterocycles. The molecule has 0 saturated carbocycles. The fraction of sp³-hybridized carbons (Fsp3) is 0.400. The molecule has 2 rings (SSSR count). The van der Waals surface area contributed by atoms with E-state index in [9.17, 15) is 9.18 Å². The van der Waals surface area contributed by atoms with Gasteiger partial charge in [-0.3, -0.25) is 4.79 Å². The maximum absolute atomic E-state index is 12.8. The summed E-state index contributed by atoms with van der Waals surface area (Å²) in [6.07, 6.45) is 1.73. The summed E-state index contributed by atoms with van der Waals surface area (Å²) < 4.78 is 18.1. The van der Waals surface area contributed by atoms with Crippen molar-refractivity contribution in [3.8, 4) is 0 Å². The summed E-state index contributed by atoms with van der Waals surface area (Å²) in [7, 11) is 1.64. The van der Waals surface area contributed by atoms with Crippen LogP contribution in [0.2, 0.25) is 0 Å². The molecule has 1 unspecified atom stereocenters. The van der Waals surface area contributed by atoms with Crippen LogP contribution in [0.1, 0.15) is 12.5 Å². The van der Waals surface area contributed by atoms with Gasteiger partial charge in [0.1, 0.15) is 5.82 Å². The molecule has 0 spiro atoms. The number of benzene rings is 1. The van der Waals surface area contributed by atoms with Gasteiger partial charge >= 0.3 is 0 Å². The molecular formula is C15H20ClFN2O2. The molecular weight excluding hydrogens is 295 g/mol. The molecule has 0 bridgehead atoms. The smallest absolute Gasteiger partial charge is 0.247 e. The van der Waals surface area contributed by atoms with Crippen molar-refractivity contribution in [3.05, 3.63) is 41.2 Å². The lowest BCUT2D eigenvalue weighted by Gasteiger charge is -2.18. The summed E-state index contributed by atoms with van der Waals surface area (Å²) in [5, 5.41) is 6.12. The first-order valence-corrected chi connectivity index (χ1v) is 6.58. The van der Waals surface area contributed by atoms with E-state index in [-0.39, 0.29) is 36.3 Å². The fourth-order valence-electron chi connectivity index (χ4n) is 2.20. The van der Waals surface area contributed by atoms with Crippen LogP contribution in [0.4, 0.5) is 4.39 Å². The van der Waals surface area contributed by atoms with E-state index < -0.39 is 0 Å². The number of carbonyl (C=O) groups is 1. The van der Waals surface area contributed by atoms with Crippen LogP contribution >= 0.6 is 12.4 Å². The van der Waals surface area contributed by atoms with E-state index in [0.29, 0.717) is 12.1 Å². The van der Waals surface area contributed by atoms with Crippen LogP contribution in [0.15, 0.2) is 29.8 Å². The molecule has 1 amide bonds. The van der Waals surface area contributed by atoms with Gasteiger partial charge in [-0.2, -0.15) is 0 Å². The first-order chi connectivity index (χ1) is 9.60. The van der Waals surface area contributed by atoms with Crippen molar-refractivity contribution in [1.29, 1.82) is 0 Å². The SMILES string of the molecule is CO[C@H]1CNCC1NC(=O)/C(C)=C/c1ccc(F)cc1.Cl. The summed E-state index contributed by atoms with van der Waals surface area (Å²) >= 11 is 0. The predicted octanol–water partition coefficient (Wildman–Crippen LogP) is 1.75. The Balaban J connectivity index is 0.00000220. The summed E-state index contributed by atoms with van der Waals surface area (Å²) in [5.74, 6) is -0.422. The summed E-state index contributed by atoms with van der Waals surface area (Å²) in [6, 6.07) is 6.00. The topological polar surface area (TPSA) is 50.4 Å². The van der Waals surface area contributed by atoms with E-state index in [1.54, 1.807) is 32.2 Å². The first kappa shape index (κ1) is 17.6. The van der Waals surface area contributed by atoms with Gasteiger partial charge in [-0.15, -0.1) is 12.4 Å². The summed E-state index contributed by atoms with van der Waals surface area (Å²) in [4.78, 5) is 12.1. The van der Waals surface area contributed by atoms with E-state index in [0.717, 1.165) is 12.1 Å². The summed E-state index contributed by atoms with van der Waals surface area (Å²) in [5.41, 5.74) is 1.38. The molecule has 6 heteroatoms. The van der Waals surface area contributed by atoms with Gasteiger partial charge in [0.15, 0.2) is 0 Å². The quantitative estimate of drug-likeness (QED) is 0.833. The zero-order valence-electron chi connectivity index (χ0n) is 12.1. The molecule has 1 fully saturated rings. The number of methoxy groups -OCH3 is 1. The fourth-order valence-corrected chi connectivity index (χ4v) is 2.20. The highest BCUT2D eigenvalue weighted by Crippen LogP contribution is 2.10. The average molecular weight is 315 g/mol. The van der Waals surface area contributed by atoms with Gasteiger partial charge in [0, 0.05) is 25.8 Å². The molecule has 0 radical (unpaired) electrons. The highest BCUT2D eigenvalue weighted by Gasteiger charge is 2.28. The average Bonchev–Trinajstić information content (AvgIpc) is 2.88. The van der Waals surface area contributed by atoms with Gasteiger partial charge in [-0.1, -0.05) is 12.1 Å². The lowest BCUT2D eigenvalue weighted by atomic mass is 10.1. The zero-order valence-corrected chi connectivity index (χ0v) is 12.9. The molecule has 1 saturated heterocycles. The Labute approximate surface area is 130 Å². The van der Waals surface area contributed by atoms with Gasteiger partial charge in [0.2, 0.25) is 5.91 Å². The third-order valence-electron chi connectivity index (χ3n) is 3.39. The van der Waals surface area contributed by atoms with E-state index >= 15 is 0 Å². The number of carbonyl (C=O) groups excluding carboxylic acids is 1. The molecule has 1 aromatic rings. The van der Waals surface area contributed by atoms with Gasteiger partial charge in [0.05, 0.1) is 12.1 Å². The Morgan fingerprint density at radius 2 is 2.05 bits per heavy atom. The number of halogens is 2. The molecule has 2 N–H and O–H groups in total. The lowest BCUT2D eigenvalue weighted by Crippen LogP contribution is -2.43. The lowest BCUT2D eigenvalue weighted by molar-refractivity contribution is -0.118. The van der Waals surface area contributed by atoms with E-state index in [4.69, 9.17) is 4.74 Å². The van der Waals surface area contributed by atoms with Gasteiger partial charge < -0.3 is 15.4 Å². The van der Waals surface area contributed by atoms with Crippen molar-refractivity contribution >= 4 is 24.4 Å². The highest BCUT2D eigenvalue weighted by atomic mass is 35.5. The molecule has 2 atom stereocenters. The Kier molecular flexibility index (Phi) is 6.81. The van der Waals surface area contributed by atoms with Gasteiger partial charge in [-0.25, -0.2) is 4.39 Å². The van der Waals surface area contributed by atoms with Crippen molar-refractivity contribution in [2.75, 3.05) is 20.2 Å². The van der Waals surface area contributed by atoms with Crippen LogP contribution in [0.25, 0.3) is 6.08 Å². The Morgan fingerprint density at radius 1 is 1.38 bits per heavy atom. The Hall–Kier alpha value is -1.43. The van der Waals surface area contributed by atoms with Gasteiger partial charge in [-0.05, 0) is 30.7 Å². The third-order valence-corrected chi connectivity index (χ3v) is 3.39. The molecule has 21 heavy (non-hydrogen) atoms. The van der Waals surface area contributed by atoms with Crippen molar-refractivity contribution < 1.29 is 13.9 Å². The number of hydrogen-bond acceptors (Lipinski definition) is 3.